The van der Waals surface area contributed by atoms with Crippen LogP contribution < -0.4 is 10.1 Å². The molecule has 1 fully saturated rings. The number of pyridine rings is 1. The van der Waals surface area contributed by atoms with E-state index in [4.69, 9.17) is 4.74 Å². The zero-order valence-electron chi connectivity index (χ0n) is 13.8. The van der Waals surface area contributed by atoms with Crippen molar-refractivity contribution in [3.05, 3.63) is 35.8 Å². The molecule has 0 spiro atoms. The number of rotatable bonds is 7. The fraction of sp³-hybridized carbons (Fsp3) is 0.438. The number of likely N-dealkylation sites (tertiary alicyclic amines) is 1. The Morgan fingerprint density at radius 3 is 3.04 bits per heavy atom. The van der Waals surface area contributed by atoms with E-state index >= 15 is 0 Å². The van der Waals surface area contributed by atoms with Gasteiger partial charge in [0, 0.05) is 19.2 Å². The van der Waals surface area contributed by atoms with Gasteiger partial charge < -0.3 is 15.0 Å². The number of hydrogen-bond donors (Lipinski definition) is 1. The number of aryl methyl sites for hydroxylation is 1. The maximum Gasteiger partial charge on any atom is 0.278 e. The molecule has 2 amide bonds. The van der Waals surface area contributed by atoms with Gasteiger partial charge in [0.05, 0.1) is 24.7 Å². The van der Waals surface area contributed by atoms with Gasteiger partial charge in [0.15, 0.2) is 0 Å². The lowest BCUT2D eigenvalue weighted by atomic mass is 10.1. The molecule has 1 unspecified atom stereocenters. The first-order chi connectivity index (χ1) is 12.1. The summed E-state index contributed by atoms with van der Waals surface area (Å²) >= 11 is 0. The minimum absolute atomic E-state index is 0.0358. The standard InChI is InChI=1S/C16H19N5O4/c1-11-16(20-25-19-11)24-7-6-18-15(23)12-8-14(22)21(9-12)10-13-4-2-3-5-17-13/h2-5,12H,6-10H2,1H3,(H,18,23). The molecule has 1 saturated heterocycles. The molecule has 1 aliphatic heterocycles. The summed E-state index contributed by atoms with van der Waals surface area (Å²) in [5.74, 6) is -0.236. The predicted octanol–water partition coefficient (Wildman–Crippen LogP) is 0.317. The van der Waals surface area contributed by atoms with Gasteiger partial charge in [-0.25, -0.2) is 4.63 Å². The molecule has 0 radical (unpaired) electrons. The molecule has 1 N–H and O–H groups in total. The van der Waals surface area contributed by atoms with Gasteiger partial charge in [0.1, 0.15) is 12.3 Å². The molecule has 0 bridgehead atoms. The van der Waals surface area contributed by atoms with E-state index in [9.17, 15) is 9.59 Å². The van der Waals surface area contributed by atoms with Gasteiger partial charge in [-0.05, 0) is 24.2 Å². The van der Waals surface area contributed by atoms with E-state index in [0.29, 0.717) is 31.2 Å². The molecule has 1 atom stereocenters. The number of nitrogens with zero attached hydrogens (tertiary/aromatic N) is 4. The number of ether oxygens (including phenoxy) is 1. The van der Waals surface area contributed by atoms with Crippen LogP contribution in [0.3, 0.4) is 0 Å². The molecule has 9 heteroatoms. The van der Waals surface area contributed by atoms with Crippen molar-refractivity contribution in [2.24, 2.45) is 5.92 Å². The maximum absolute atomic E-state index is 12.2. The van der Waals surface area contributed by atoms with E-state index in [0.717, 1.165) is 5.69 Å². The van der Waals surface area contributed by atoms with Crippen molar-refractivity contribution >= 4 is 11.8 Å². The van der Waals surface area contributed by atoms with Crippen molar-refractivity contribution in [3.8, 4) is 5.88 Å². The van der Waals surface area contributed by atoms with Gasteiger partial charge in [0.25, 0.3) is 5.88 Å². The van der Waals surface area contributed by atoms with Gasteiger partial charge in [-0.2, -0.15) is 0 Å². The predicted molar refractivity (Wildman–Crippen MR) is 85.3 cm³/mol. The molecule has 0 aromatic carbocycles. The summed E-state index contributed by atoms with van der Waals surface area (Å²) in [6.07, 6.45) is 1.90. The molecule has 3 rings (SSSR count). The van der Waals surface area contributed by atoms with Crippen molar-refractivity contribution in [3.63, 3.8) is 0 Å². The second kappa shape index (κ2) is 7.73. The largest absolute Gasteiger partial charge is 0.472 e. The third kappa shape index (κ3) is 4.31. The van der Waals surface area contributed by atoms with Gasteiger partial charge in [0.2, 0.25) is 11.8 Å². The van der Waals surface area contributed by atoms with Crippen LogP contribution in [0.15, 0.2) is 29.0 Å². The zero-order chi connectivity index (χ0) is 17.6. The van der Waals surface area contributed by atoms with Gasteiger partial charge in [-0.3, -0.25) is 14.6 Å². The molecule has 0 saturated carbocycles. The van der Waals surface area contributed by atoms with Crippen LogP contribution in [-0.2, 0) is 16.1 Å². The van der Waals surface area contributed by atoms with Crippen LogP contribution in [-0.4, -0.2) is 51.7 Å². The Bertz CT molecular complexity index is 733. The van der Waals surface area contributed by atoms with Crippen LogP contribution in [0.2, 0.25) is 0 Å². The smallest absolute Gasteiger partial charge is 0.278 e. The number of hydrogen-bond acceptors (Lipinski definition) is 7. The van der Waals surface area contributed by atoms with Crippen LogP contribution in [0.4, 0.5) is 0 Å². The summed E-state index contributed by atoms with van der Waals surface area (Å²) in [5, 5.41) is 9.96. The van der Waals surface area contributed by atoms with E-state index in [1.54, 1.807) is 18.0 Å². The molecule has 25 heavy (non-hydrogen) atoms. The van der Waals surface area contributed by atoms with E-state index in [1.165, 1.54) is 0 Å². The highest BCUT2D eigenvalue weighted by Gasteiger charge is 2.34. The molecule has 1 aliphatic rings. The van der Waals surface area contributed by atoms with Gasteiger partial charge in [-0.15, -0.1) is 0 Å². The molecular formula is C16H19N5O4. The Balaban J connectivity index is 1.42. The Hall–Kier alpha value is -2.97. The minimum atomic E-state index is -0.355. The SMILES string of the molecule is Cc1nonc1OCCNC(=O)C1CC(=O)N(Cc2ccccn2)C1. The topological polar surface area (TPSA) is 110 Å². The summed E-state index contributed by atoms with van der Waals surface area (Å²) < 4.78 is 9.86. The van der Waals surface area contributed by atoms with Crippen LogP contribution in [0.25, 0.3) is 0 Å². The second-order valence-corrected chi connectivity index (χ2v) is 5.79. The molecule has 2 aromatic heterocycles. The summed E-state index contributed by atoms with van der Waals surface area (Å²) in [6.45, 7) is 3.10. The Kier molecular flexibility index (Phi) is 5.22. The molecule has 0 aliphatic carbocycles. The van der Waals surface area contributed by atoms with Crippen molar-refractivity contribution in [2.75, 3.05) is 19.7 Å². The molecule has 132 valence electrons. The second-order valence-electron chi connectivity index (χ2n) is 5.79. The van der Waals surface area contributed by atoms with Crippen molar-refractivity contribution in [1.82, 2.24) is 25.5 Å². The summed E-state index contributed by atoms with van der Waals surface area (Å²) in [4.78, 5) is 30.2. The number of nitrogens with one attached hydrogen (secondary N) is 1. The first-order valence-corrected chi connectivity index (χ1v) is 8.01. The number of amides is 2. The summed E-state index contributed by atoms with van der Waals surface area (Å²) in [7, 11) is 0. The first kappa shape index (κ1) is 16.9. The van der Waals surface area contributed by atoms with E-state index < -0.39 is 0 Å². The van der Waals surface area contributed by atoms with Crippen molar-refractivity contribution < 1.29 is 19.0 Å². The lowest BCUT2D eigenvalue weighted by Gasteiger charge is -2.16. The summed E-state index contributed by atoms with van der Waals surface area (Å²) in [6, 6.07) is 5.56. The molecular weight excluding hydrogens is 326 g/mol. The fourth-order valence-corrected chi connectivity index (χ4v) is 2.61. The lowest BCUT2D eigenvalue weighted by Crippen LogP contribution is -2.35. The van der Waals surface area contributed by atoms with Crippen LogP contribution in [0, 0.1) is 12.8 Å². The van der Waals surface area contributed by atoms with Crippen LogP contribution in [0.5, 0.6) is 5.88 Å². The number of aromatic nitrogens is 3. The normalized spacial score (nSPS) is 16.9. The third-order valence-electron chi connectivity index (χ3n) is 3.92. The van der Waals surface area contributed by atoms with E-state index in [1.807, 2.05) is 18.2 Å². The monoisotopic (exact) mass is 345 g/mol. The summed E-state index contributed by atoms with van der Waals surface area (Å²) in [5.41, 5.74) is 1.36. The fourth-order valence-electron chi connectivity index (χ4n) is 2.61. The van der Waals surface area contributed by atoms with E-state index in [2.05, 4.69) is 25.2 Å². The Morgan fingerprint density at radius 1 is 1.44 bits per heavy atom. The third-order valence-corrected chi connectivity index (χ3v) is 3.92. The average Bonchev–Trinajstić information content (AvgIpc) is 3.18. The number of carbonyl (C=O) groups excluding carboxylic acids is 2. The minimum Gasteiger partial charge on any atom is -0.472 e. The van der Waals surface area contributed by atoms with Crippen molar-refractivity contribution in [2.45, 2.75) is 19.9 Å². The molecule has 9 nitrogen and oxygen atoms in total. The van der Waals surface area contributed by atoms with Gasteiger partial charge >= 0.3 is 0 Å². The average molecular weight is 345 g/mol. The quantitative estimate of drug-likeness (QED) is 0.719. The van der Waals surface area contributed by atoms with E-state index in [-0.39, 0.29) is 30.8 Å². The Labute approximate surface area is 144 Å². The molecule has 3 heterocycles. The highest BCUT2D eigenvalue weighted by Crippen LogP contribution is 2.19. The highest BCUT2D eigenvalue weighted by molar-refractivity contribution is 5.89. The highest BCUT2D eigenvalue weighted by atomic mass is 16.6. The van der Waals surface area contributed by atoms with Crippen LogP contribution in [0.1, 0.15) is 17.8 Å². The van der Waals surface area contributed by atoms with Crippen molar-refractivity contribution in [1.29, 1.82) is 0 Å². The number of carbonyl (C=O) groups is 2. The lowest BCUT2D eigenvalue weighted by molar-refractivity contribution is -0.129. The first-order valence-electron chi connectivity index (χ1n) is 8.01. The van der Waals surface area contributed by atoms with Crippen LogP contribution >= 0.6 is 0 Å². The molecule has 2 aromatic rings. The van der Waals surface area contributed by atoms with Gasteiger partial charge in [-0.1, -0.05) is 11.2 Å². The Morgan fingerprint density at radius 2 is 2.32 bits per heavy atom. The zero-order valence-corrected chi connectivity index (χ0v) is 13.8. The maximum atomic E-state index is 12.2.